The van der Waals surface area contributed by atoms with E-state index in [-0.39, 0.29) is 5.92 Å². The molecule has 0 N–H and O–H groups in total. The smallest absolute Gasteiger partial charge is 0.144 e. The Morgan fingerprint density at radius 1 is 0.828 bits per heavy atom. The van der Waals surface area contributed by atoms with E-state index in [0.717, 1.165) is 44.3 Å². The third-order valence-electron chi connectivity index (χ3n) is 5.12. The van der Waals surface area contributed by atoms with E-state index in [0.29, 0.717) is 5.56 Å². The van der Waals surface area contributed by atoms with E-state index < -0.39 is 6.37 Å². The van der Waals surface area contributed by atoms with Crippen molar-refractivity contribution >= 4 is 21.9 Å². The van der Waals surface area contributed by atoms with Gasteiger partial charge in [0.05, 0.1) is 5.69 Å². The van der Waals surface area contributed by atoms with Gasteiger partial charge in [0, 0.05) is 30.8 Å². The lowest BCUT2D eigenvalue weighted by Gasteiger charge is -2.07. The summed E-state index contributed by atoms with van der Waals surface area (Å²) in [4.78, 5) is 4.71. The first-order valence-corrected chi connectivity index (χ1v) is 9.93. The maximum absolute atomic E-state index is 8.27. The van der Waals surface area contributed by atoms with E-state index >= 15 is 0 Å². The van der Waals surface area contributed by atoms with Crippen LogP contribution in [-0.2, 0) is 6.37 Å². The van der Waals surface area contributed by atoms with Gasteiger partial charge in [-0.15, -0.1) is 0 Å². The maximum Gasteiger partial charge on any atom is 0.144 e. The number of hydrogen-bond donors (Lipinski definition) is 0. The Balaban J connectivity index is 1.50. The van der Waals surface area contributed by atoms with Crippen LogP contribution in [0.15, 0.2) is 89.5 Å². The molecule has 142 valence electrons. The van der Waals surface area contributed by atoms with Crippen molar-refractivity contribution in [2.75, 3.05) is 0 Å². The second kappa shape index (κ2) is 7.21. The van der Waals surface area contributed by atoms with Crippen molar-refractivity contribution in [3.63, 3.8) is 0 Å². The van der Waals surface area contributed by atoms with Crippen LogP contribution >= 0.6 is 0 Å². The minimum atomic E-state index is -1.34. The van der Waals surface area contributed by atoms with Crippen LogP contribution in [0.2, 0.25) is 0 Å². The Labute approximate surface area is 173 Å². The van der Waals surface area contributed by atoms with Gasteiger partial charge in [-0.25, -0.2) is 0 Å². The van der Waals surface area contributed by atoms with E-state index in [9.17, 15) is 0 Å². The summed E-state index contributed by atoms with van der Waals surface area (Å²) < 4.78 is 22.7. The summed E-state index contributed by atoms with van der Waals surface area (Å²) in [6.07, 6.45) is 0.523. The number of pyridine rings is 1. The number of furan rings is 1. The molecule has 0 aliphatic heterocycles. The van der Waals surface area contributed by atoms with Gasteiger partial charge in [0.15, 0.2) is 0 Å². The molecule has 0 spiro atoms. The molecule has 2 aromatic heterocycles. The summed E-state index contributed by atoms with van der Waals surface area (Å²) >= 11 is 0. The SMILES string of the molecule is [2H]C([2H])(c1ccc(-c2ccc(-c3cccc4c3oc3ccccc34)nc2)cc1)C(C)C. The van der Waals surface area contributed by atoms with Gasteiger partial charge in [-0.2, -0.15) is 0 Å². The standard InChI is InChI=1S/C27H23NO/c1-18(2)16-19-10-12-20(13-11-19)21-14-15-25(28-17-21)24-8-5-7-23-22-6-3-4-9-26(22)29-27(23)24/h3-15,17-18H,16H2,1-2H3/i16D2. The lowest BCUT2D eigenvalue weighted by molar-refractivity contribution is 0.647. The zero-order valence-corrected chi connectivity index (χ0v) is 16.5. The van der Waals surface area contributed by atoms with Crippen molar-refractivity contribution in [2.45, 2.75) is 20.2 Å². The third-order valence-corrected chi connectivity index (χ3v) is 5.12. The highest BCUT2D eigenvalue weighted by molar-refractivity contribution is 6.09. The number of rotatable bonds is 4. The summed E-state index contributed by atoms with van der Waals surface area (Å²) in [5.74, 6) is -0.0831. The van der Waals surface area contributed by atoms with Crippen LogP contribution in [0.5, 0.6) is 0 Å². The molecule has 5 aromatic rings. The van der Waals surface area contributed by atoms with Crippen LogP contribution in [-0.4, -0.2) is 4.98 Å². The highest BCUT2D eigenvalue weighted by Gasteiger charge is 2.12. The van der Waals surface area contributed by atoms with Crippen LogP contribution < -0.4 is 0 Å². The number of benzene rings is 3. The van der Waals surface area contributed by atoms with Crippen molar-refractivity contribution in [1.82, 2.24) is 4.98 Å². The number of para-hydroxylation sites is 2. The zero-order valence-electron chi connectivity index (χ0n) is 18.5. The fourth-order valence-corrected chi connectivity index (χ4v) is 3.77. The maximum atomic E-state index is 8.27. The van der Waals surface area contributed by atoms with Crippen LogP contribution in [0.1, 0.15) is 22.2 Å². The highest BCUT2D eigenvalue weighted by atomic mass is 16.3. The molecular formula is C27H23NO. The van der Waals surface area contributed by atoms with Crippen molar-refractivity contribution in [3.05, 3.63) is 90.6 Å². The molecule has 0 saturated heterocycles. The number of fused-ring (bicyclic) bond motifs is 3. The highest BCUT2D eigenvalue weighted by Crippen LogP contribution is 2.35. The lowest BCUT2D eigenvalue weighted by Crippen LogP contribution is -1.93. The van der Waals surface area contributed by atoms with Crippen molar-refractivity contribution in [1.29, 1.82) is 0 Å². The molecule has 3 aromatic carbocycles. The minimum absolute atomic E-state index is 0.0831. The molecule has 0 aliphatic rings. The van der Waals surface area contributed by atoms with Gasteiger partial charge in [0.1, 0.15) is 11.2 Å². The van der Waals surface area contributed by atoms with Crippen molar-refractivity contribution in [2.24, 2.45) is 5.92 Å². The normalized spacial score (nSPS) is 13.1. The first-order chi connectivity index (χ1) is 14.9. The van der Waals surface area contributed by atoms with Gasteiger partial charge in [-0.3, -0.25) is 4.98 Å². The fourth-order valence-electron chi connectivity index (χ4n) is 3.77. The first kappa shape index (κ1) is 15.5. The monoisotopic (exact) mass is 379 g/mol. The Morgan fingerprint density at radius 2 is 1.59 bits per heavy atom. The number of aromatic nitrogens is 1. The summed E-state index contributed by atoms with van der Waals surface area (Å²) in [5, 5.41) is 2.20. The average Bonchev–Trinajstić information content (AvgIpc) is 3.18. The molecule has 2 nitrogen and oxygen atoms in total. The van der Waals surface area contributed by atoms with Crippen LogP contribution in [0, 0.1) is 5.92 Å². The second-order valence-electron chi connectivity index (χ2n) is 7.59. The van der Waals surface area contributed by atoms with Gasteiger partial charge in [0.2, 0.25) is 0 Å². The summed E-state index contributed by atoms with van der Waals surface area (Å²) in [6.45, 7) is 3.80. The Kier molecular flexibility index (Phi) is 3.86. The van der Waals surface area contributed by atoms with E-state index in [2.05, 4.69) is 18.2 Å². The van der Waals surface area contributed by atoms with Crippen LogP contribution in [0.25, 0.3) is 44.3 Å². The van der Waals surface area contributed by atoms with Gasteiger partial charge >= 0.3 is 0 Å². The van der Waals surface area contributed by atoms with Crippen molar-refractivity contribution < 1.29 is 7.16 Å². The largest absolute Gasteiger partial charge is 0.455 e. The van der Waals surface area contributed by atoms with Crippen LogP contribution in [0.3, 0.4) is 0 Å². The molecule has 0 unspecified atom stereocenters. The van der Waals surface area contributed by atoms with Gasteiger partial charge in [-0.05, 0) is 41.6 Å². The second-order valence-corrected chi connectivity index (χ2v) is 7.59. The average molecular weight is 379 g/mol. The molecule has 29 heavy (non-hydrogen) atoms. The molecule has 0 bridgehead atoms. The van der Waals surface area contributed by atoms with E-state index in [1.54, 1.807) is 0 Å². The molecule has 0 aliphatic carbocycles. The molecule has 2 heterocycles. The van der Waals surface area contributed by atoms with E-state index in [1.165, 1.54) is 0 Å². The quantitative estimate of drug-likeness (QED) is 0.323. The predicted octanol–water partition coefficient (Wildman–Crippen LogP) is 7.51. The van der Waals surface area contributed by atoms with E-state index in [1.807, 2.05) is 80.7 Å². The molecule has 2 heteroatoms. The molecule has 0 atom stereocenters. The van der Waals surface area contributed by atoms with Crippen molar-refractivity contribution in [3.8, 4) is 22.4 Å². The fraction of sp³-hybridized carbons (Fsp3) is 0.148. The third kappa shape index (κ3) is 3.31. The summed E-state index contributed by atoms with van der Waals surface area (Å²) in [7, 11) is 0. The Morgan fingerprint density at radius 3 is 2.34 bits per heavy atom. The molecule has 0 amide bonds. The molecule has 5 rings (SSSR count). The first-order valence-electron chi connectivity index (χ1n) is 10.9. The zero-order chi connectivity index (χ0) is 21.6. The molecule has 0 saturated carbocycles. The Hall–Kier alpha value is -3.39. The molecule has 0 fully saturated rings. The van der Waals surface area contributed by atoms with Gasteiger partial charge in [0.25, 0.3) is 0 Å². The Bertz CT molecular complexity index is 1370. The van der Waals surface area contributed by atoms with E-state index in [4.69, 9.17) is 12.1 Å². The topological polar surface area (TPSA) is 26.0 Å². The summed E-state index contributed by atoms with van der Waals surface area (Å²) in [6, 6.07) is 26.0. The minimum Gasteiger partial charge on any atom is -0.455 e. The molecular weight excluding hydrogens is 354 g/mol. The van der Waals surface area contributed by atoms with Gasteiger partial charge in [-0.1, -0.05) is 74.5 Å². The number of hydrogen-bond acceptors (Lipinski definition) is 2. The lowest BCUT2D eigenvalue weighted by atomic mass is 9.99. The molecule has 0 radical (unpaired) electrons. The summed E-state index contributed by atoms with van der Waals surface area (Å²) in [5.41, 5.74) is 6.28. The van der Waals surface area contributed by atoms with Gasteiger partial charge < -0.3 is 4.42 Å². The van der Waals surface area contributed by atoms with Crippen LogP contribution in [0.4, 0.5) is 0 Å². The predicted molar refractivity (Wildman–Crippen MR) is 121 cm³/mol. The number of nitrogens with zero attached hydrogens (tertiary/aromatic N) is 1.